The van der Waals surface area contributed by atoms with Gasteiger partial charge in [0.25, 0.3) is 5.91 Å². The van der Waals surface area contributed by atoms with Gasteiger partial charge in [0, 0.05) is 10.0 Å². The summed E-state index contributed by atoms with van der Waals surface area (Å²) in [5.41, 5.74) is 0.720. The van der Waals surface area contributed by atoms with E-state index in [-0.39, 0.29) is 21.9 Å². The zero-order valence-electron chi connectivity index (χ0n) is 13.6. The number of thiazole rings is 1. The van der Waals surface area contributed by atoms with Crippen molar-refractivity contribution in [3.8, 4) is 0 Å². The normalized spacial score (nSPS) is 11.8. The lowest BCUT2D eigenvalue weighted by molar-refractivity contribution is -0.141. The average Bonchev–Trinajstić information content (AvgIpc) is 2.91. The molecule has 5 nitrogen and oxygen atoms in total. The highest BCUT2D eigenvalue weighted by molar-refractivity contribution is 7.16. The summed E-state index contributed by atoms with van der Waals surface area (Å²) in [6.45, 7) is -0.168. The van der Waals surface area contributed by atoms with Gasteiger partial charge in [0.15, 0.2) is 4.80 Å². The Kier molecular flexibility index (Phi) is 6.13. The highest BCUT2D eigenvalue weighted by atomic mass is 35.5. The molecule has 0 bridgehead atoms. The van der Waals surface area contributed by atoms with Gasteiger partial charge in [0.05, 0.1) is 32.9 Å². The van der Waals surface area contributed by atoms with Crippen LogP contribution in [0.5, 0.6) is 0 Å². The molecule has 3 aromatic rings. The van der Waals surface area contributed by atoms with E-state index in [2.05, 4.69) is 4.99 Å². The van der Waals surface area contributed by atoms with Crippen molar-refractivity contribution >= 4 is 79.8 Å². The van der Waals surface area contributed by atoms with Gasteiger partial charge < -0.3 is 9.30 Å². The van der Waals surface area contributed by atoms with E-state index in [1.807, 2.05) is 0 Å². The third-order valence-electron chi connectivity index (χ3n) is 3.57. The Bertz CT molecular complexity index is 1140. The molecule has 3 rings (SSSR count). The Hall–Kier alpha value is -1.57. The monoisotopic (exact) mass is 462 g/mol. The van der Waals surface area contributed by atoms with Gasteiger partial charge in [-0.1, -0.05) is 57.7 Å². The Morgan fingerprint density at radius 3 is 2.44 bits per heavy atom. The Labute approximate surface area is 177 Å². The van der Waals surface area contributed by atoms with Gasteiger partial charge in [0.2, 0.25) is 0 Å². The molecule has 0 fully saturated rings. The van der Waals surface area contributed by atoms with Crippen molar-refractivity contribution in [2.24, 2.45) is 4.99 Å². The van der Waals surface area contributed by atoms with E-state index >= 15 is 0 Å². The number of halogens is 4. The minimum absolute atomic E-state index is 0.168. The number of hydrogen-bond acceptors (Lipinski definition) is 4. The summed E-state index contributed by atoms with van der Waals surface area (Å²) in [6, 6.07) is 7.71. The molecular weight excluding hydrogens is 454 g/mol. The summed E-state index contributed by atoms with van der Waals surface area (Å²) in [5, 5.41) is 1.34. The minimum atomic E-state index is -0.580. The number of fused-ring (bicyclic) bond motifs is 1. The highest BCUT2D eigenvalue weighted by Gasteiger charge is 2.16. The summed E-state index contributed by atoms with van der Waals surface area (Å²) in [7, 11) is 1.27. The highest BCUT2D eigenvalue weighted by Crippen LogP contribution is 2.30. The minimum Gasteiger partial charge on any atom is -0.468 e. The van der Waals surface area contributed by atoms with Gasteiger partial charge in [0.1, 0.15) is 6.54 Å². The predicted molar refractivity (Wildman–Crippen MR) is 108 cm³/mol. The maximum atomic E-state index is 12.6. The quantitative estimate of drug-likeness (QED) is 0.499. The number of esters is 1. The molecule has 0 unspecified atom stereocenters. The van der Waals surface area contributed by atoms with Crippen molar-refractivity contribution in [3.63, 3.8) is 0 Å². The molecule has 0 aliphatic rings. The molecule has 2 aromatic carbocycles. The number of ether oxygens (including phenoxy) is 1. The van der Waals surface area contributed by atoms with Crippen LogP contribution in [0.25, 0.3) is 10.2 Å². The third-order valence-corrected chi connectivity index (χ3v) is 5.65. The van der Waals surface area contributed by atoms with E-state index < -0.39 is 11.9 Å². The predicted octanol–water partition coefficient (Wildman–Crippen LogP) is 5.23. The van der Waals surface area contributed by atoms with Gasteiger partial charge in [-0.3, -0.25) is 9.59 Å². The number of benzene rings is 2. The molecule has 1 aromatic heterocycles. The largest absolute Gasteiger partial charge is 0.468 e. The molecule has 10 heteroatoms. The second-order valence-corrected chi connectivity index (χ2v) is 8.02. The summed E-state index contributed by atoms with van der Waals surface area (Å²) < 4.78 is 6.90. The second kappa shape index (κ2) is 8.20. The smallest absolute Gasteiger partial charge is 0.325 e. The van der Waals surface area contributed by atoms with Crippen molar-refractivity contribution in [1.29, 1.82) is 0 Å². The molecule has 0 aliphatic carbocycles. The van der Waals surface area contributed by atoms with Crippen LogP contribution in [0, 0.1) is 0 Å². The Morgan fingerprint density at radius 1 is 1.07 bits per heavy atom. The topological polar surface area (TPSA) is 60.7 Å². The first-order valence-corrected chi connectivity index (χ1v) is 9.72. The summed E-state index contributed by atoms with van der Waals surface area (Å²) in [6.07, 6.45) is 0. The number of nitrogens with zero attached hydrogens (tertiary/aromatic N) is 2. The van der Waals surface area contributed by atoms with Gasteiger partial charge in [-0.2, -0.15) is 4.99 Å². The number of carbonyl (C=O) groups is 2. The standard InChI is InChI=1S/C17H10Cl4N2O3S/c1-26-14(24)7-23-15-12(21)5-9(19)6-13(15)27-17(23)22-16(25)10-3-2-8(18)4-11(10)20/h2-6H,7H2,1H3. The Balaban J connectivity index is 2.21. The van der Waals surface area contributed by atoms with Crippen molar-refractivity contribution in [3.05, 3.63) is 60.8 Å². The van der Waals surface area contributed by atoms with Gasteiger partial charge in [-0.25, -0.2) is 0 Å². The van der Waals surface area contributed by atoms with Crippen LogP contribution in [0.4, 0.5) is 0 Å². The molecule has 0 radical (unpaired) electrons. The van der Waals surface area contributed by atoms with Crippen LogP contribution in [-0.2, 0) is 16.1 Å². The fraction of sp³-hybridized carbons (Fsp3) is 0.118. The van der Waals surface area contributed by atoms with Crippen molar-refractivity contribution in [2.75, 3.05) is 7.11 Å². The van der Waals surface area contributed by atoms with Crippen molar-refractivity contribution in [2.45, 2.75) is 6.54 Å². The van der Waals surface area contributed by atoms with E-state index in [0.717, 1.165) is 0 Å². The van der Waals surface area contributed by atoms with Crippen LogP contribution in [0.3, 0.4) is 0 Å². The second-order valence-electron chi connectivity index (χ2n) is 5.32. The maximum absolute atomic E-state index is 12.6. The van der Waals surface area contributed by atoms with Crippen molar-refractivity contribution < 1.29 is 14.3 Å². The van der Waals surface area contributed by atoms with E-state index in [9.17, 15) is 9.59 Å². The van der Waals surface area contributed by atoms with Crippen molar-refractivity contribution in [1.82, 2.24) is 4.57 Å². The molecule has 0 N–H and O–H groups in total. The SMILES string of the molecule is COC(=O)Cn1c(=NC(=O)c2ccc(Cl)cc2Cl)sc2cc(Cl)cc(Cl)c21. The van der Waals surface area contributed by atoms with E-state index in [1.54, 1.807) is 18.2 Å². The molecule has 0 aliphatic heterocycles. The number of amides is 1. The van der Waals surface area contributed by atoms with E-state index in [0.29, 0.717) is 25.3 Å². The summed E-state index contributed by atoms with van der Waals surface area (Å²) >= 11 is 25.4. The van der Waals surface area contributed by atoms with Gasteiger partial charge >= 0.3 is 5.97 Å². The van der Waals surface area contributed by atoms with Gasteiger partial charge in [-0.05, 0) is 30.3 Å². The molecule has 1 heterocycles. The number of methoxy groups -OCH3 is 1. The zero-order valence-corrected chi connectivity index (χ0v) is 17.5. The van der Waals surface area contributed by atoms with Gasteiger partial charge in [-0.15, -0.1) is 0 Å². The van der Waals surface area contributed by atoms with Crippen LogP contribution in [0.1, 0.15) is 10.4 Å². The molecule has 0 saturated carbocycles. The lowest BCUT2D eigenvalue weighted by Gasteiger charge is -2.05. The Morgan fingerprint density at radius 2 is 1.78 bits per heavy atom. The van der Waals surface area contributed by atoms with Crippen LogP contribution in [0.15, 0.2) is 35.3 Å². The first kappa shape index (κ1) is 20.2. The number of hydrogen-bond donors (Lipinski definition) is 0. The lowest BCUT2D eigenvalue weighted by atomic mass is 10.2. The fourth-order valence-electron chi connectivity index (χ4n) is 2.36. The summed E-state index contributed by atoms with van der Waals surface area (Å²) in [4.78, 5) is 28.8. The number of rotatable bonds is 3. The fourth-order valence-corrected chi connectivity index (χ4v) is 4.66. The third kappa shape index (κ3) is 4.31. The zero-order chi connectivity index (χ0) is 19.7. The number of carbonyl (C=O) groups excluding carboxylic acids is 2. The van der Waals surface area contributed by atoms with Crippen LogP contribution < -0.4 is 4.80 Å². The first-order chi connectivity index (χ1) is 12.8. The average molecular weight is 464 g/mol. The molecule has 0 spiro atoms. The molecule has 1 amide bonds. The number of aromatic nitrogens is 1. The maximum Gasteiger partial charge on any atom is 0.325 e. The summed E-state index contributed by atoms with van der Waals surface area (Å²) in [5.74, 6) is -1.09. The molecule has 27 heavy (non-hydrogen) atoms. The van der Waals surface area contributed by atoms with Crippen LogP contribution >= 0.6 is 57.7 Å². The van der Waals surface area contributed by atoms with E-state index in [4.69, 9.17) is 51.1 Å². The first-order valence-electron chi connectivity index (χ1n) is 7.39. The van der Waals surface area contributed by atoms with Crippen LogP contribution in [0.2, 0.25) is 20.1 Å². The lowest BCUT2D eigenvalue weighted by Crippen LogP contribution is -2.22. The molecular formula is C17H10Cl4N2O3S. The van der Waals surface area contributed by atoms with Crippen LogP contribution in [-0.4, -0.2) is 23.6 Å². The van der Waals surface area contributed by atoms with E-state index in [1.165, 1.54) is 35.1 Å². The molecule has 0 atom stereocenters. The molecule has 0 saturated heterocycles. The molecule has 140 valence electrons.